The Bertz CT molecular complexity index is 1090. The van der Waals surface area contributed by atoms with Crippen LogP contribution in [0.2, 0.25) is 0 Å². The van der Waals surface area contributed by atoms with Crippen molar-refractivity contribution in [1.29, 1.82) is 0 Å². The van der Waals surface area contributed by atoms with Crippen LogP contribution in [0.1, 0.15) is 50.8 Å². The van der Waals surface area contributed by atoms with E-state index in [2.05, 4.69) is 22.4 Å². The van der Waals surface area contributed by atoms with Crippen LogP contribution in [0, 0.1) is 0 Å². The molecule has 3 heterocycles. The van der Waals surface area contributed by atoms with Gasteiger partial charge in [0.05, 0.1) is 0 Å². The lowest BCUT2D eigenvalue weighted by Crippen LogP contribution is -2.17. The lowest BCUT2D eigenvalue weighted by Gasteiger charge is -2.19. The summed E-state index contributed by atoms with van der Waals surface area (Å²) in [5, 5.41) is 13.0. The largest absolute Gasteiger partial charge is 0.454 e. The summed E-state index contributed by atoms with van der Waals surface area (Å²) in [7, 11) is 0. The summed E-state index contributed by atoms with van der Waals surface area (Å²) >= 11 is 1.63. The molecule has 2 aliphatic heterocycles. The van der Waals surface area contributed by atoms with Gasteiger partial charge in [0.15, 0.2) is 23.4 Å². The lowest BCUT2D eigenvalue weighted by molar-refractivity contribution is 0.173. The third kappa shape index (κ3) is 4.46. The number of hydrogen-bond donors (Lipinski definition) is 1. The van der Waals surface area contributed by atoms with Gasteiger partial charge in [0, 0.05) is 22.6 Å². The molecule has 0 saturated heterocycles. The maximum absolute atomic E-state index is 6.35. The van der Waals surface area contributed by atoms with Gasteiger partial charge in [0.1, 0.15) is 0 Å². The Balaban J connectivity index is 1.40. The van der Waals surface area contributed by atoms with E-state index in [4.69, 9.17) is 19.2 Å². The van der Waals surface area contributed by atoms with Gasteiger partial charge in [-0.2, -0.15) is 4.98 Å². The highest BCUT2D eigenvalue weighted by atomic mass is 32.2. The van der Waals surface area contributed by atoms with E-state index >= 15 is 0 Å². The molecule has 166 valence electrons. The minimum absolute atomic E-state index is 0.236. The minimum atomic E-state index is -0.449. The fourth-order valence-corrected chi connectivity index (χ4v) is 4.58. The molecule has 0 saturated carbocycles. The standard InChI is InChI=1S/C24H26N4O3S/c1-2-3-4-5-8-13-32-24-26-23-21(27-28-24)17-9-6-7-10-18(17)25-22(31-23)16-11-12-19-20(14-16)30-15-29-19/h6-7,9-12,14,22,25H,2-5,8,13,15H2,1H3/t22-/m0/s1. The molecule has 1 N–H and O–H groups in total. The number of ether oxygens (including phenoxy) is 3. The first-order valence-electron chi connectivity index (χ1n) is 11.1. The van der Waals surface area contributed by atoms with Gasteiger partial charge in [0.2, 0.25) is 17.8 Å². The zero-order chi connectivity index (χ0) is 21.8. The minimum Gasteiger partial charge on any atom is -0.454 e. The maximum Gasteiger partial charge on any atom is 0.247 e. The molecular formula is C24H26N4O3S. The van der Waals surface area contributed by atoms with Crippen molar-refractivity contribution in [3.05, 3.63) is 48.0 Å². The molecule has 0 spiro atoms. The van der Waals surface area contributed by atoms with Gasteiger partial charge in [-0.15, -0.1) is 10.2 Å². The molecule has 2 aliphatic rings. The molecular weight excluding hydrogens is 424 g/mol. The Kier molecular flexibility index (Phi) is 6.29. The van der Waals surface area contributed by atoms with Gasteiger partial charge in [-0.3, -0.25) is 0 Å². The Morgan fingerprint density at radius 1 is 1.00 bits per heavy atom. The quantitative estimate of drug-likeness (QED) is 0.339. The summed E-state index contributed by atoms with van der Waals surface area (Å²) in [6.45, 7) is 2.47. The van der Waals surface area contributed by atoms with Gasteiger partial charge < -0.3 is 19.5 Å². The van der Waals surface area contributed by atoms with Crippen LogP contribution in [0.25, 0.3) is 11.3 Å². The van der Waals surface area contributed by atoms with E-state index in [-0.39, 0.29) is 6.79 Å². The summed E-state index contributed by atoms with van der Waals surface area (Å²) in [5.41, 5.74) is 3.40. The number of aromatic nitrogens is 3. The molecule has 1 atom stereocenters. The van der Waals surface area contributed by atoms with Crippen molar-refractivity contribution in [2.45, 2.75) is 50.4 Å². The number of nitrogens with one attached hydrogen (secondary N) is 1. The van der Waals surface area contributed by atoms with Crippen LogP contribution in [0.15, 0.2) is 47.6 Å². The third-order valence-corrected chi connectivity index (χ3v) is 6.44. The highest BCUT2D eigenvalue weighted by Gasteiger charge is 2.27. The first-order valence-corrected chi connectivity index (χ1v) is 12.1. The summed E-state index contributed by atoms with van der Waals surface area (Å²) in [6, 6.07) is 13.8. The second kappa shape index (κ2) is 9.65. The van der Waals surface area contributed by atoms with Crippen LogP contribution in [0.4, 0.5) is 5.69 Å². The summed E-state index contributed by atoms with van der Waals surface area (Å²) in [4.78, 5) is 4.73. The molecule has 3 aromatic rings. The van der Waals surface area contributed by atoms with E-state index in [1.54, 1.807) is 11.8 Å². The van der Waals surface area contributed by atoms with Crippen molar-refractivity contribution in [2.24, 2.45) is 0 Å². The van der Waals surface area contributed by atoms with E-state index in [0.717, 1.165) is 34.7 Å². The number of unbranched alkanes of at least 4 members (excludes halogenated alkanes) is 4. The van der Waals surface area contributed by atoms with Crippen LogP contribution in [0.3, 0.4) is 0 Å². The Morgan fingerprint density at radius 2 is 1.88 bits per heavy atom. The Morgan fingerprint density at radius 3 is 2.81 bits per heavy atom. The van der Waals surface area contributed by atoms with Crippen LogP contribution in [0.5, 0.6) is 17.4 Å². The van der Waals surface area contributed by atoms with Gasteiger partial charge in [-0.25, -0.2) is 0 Å². The molecule has 0 aliphatic carbocycles. The number of fused-ring (bicyclic) bond motifs is 4. The van der Waals surface area contributed by atoms with Crippen molar-refractivity contribution < 1.29 is 14.2 Å². The first-order chi connectivity index (χ1) is 15.8. The monoisotopic (exact) mass is 450 g/mol. The lowest BCUT2D eigenvalue weighted by atomic mass is 10.1. The molecule has 0 unspecified atom stereocenters. The van der Waals surface area contributed by atoms with Crippen molar-refractivity contribution in [3.8, 4) is 28.6 Å². The normalized spacial score (nSPS) is 15.8. The number of nitrogens with zero attached hydrogens (tertiary/aromatic N) is 3. The smallest absolute Gasteiger partial charge is 0.247 e. The Hall–Kier alpha value is -3.00. The van der Waals surface area contributed by atoms with Crippen LogP contribution >= 0.6 is 11.8 Å². The van der Waals surface area contributed by atoms with E-state index in [9.17, 15) is 0 Å². The molecule has 5 rings (SSSR count). The molecule has 8 heteroatoms. The predicted molar refractivity (Wildman–Crippen MR) is 124 cm³/mol. The van der Waals surface area contributed by atoms with Gasteiger partial charge >= 0.3 is 0 Å². The second-order valence-corrected chi connectivity index (χ2v) is 8.87. The topological polar surface area (TPSA) is 78.4 Å². The molecule has 7 nitrogen and oxygen atoms in total. The molecule has 32 heavy (non-hydrogen) atoms. The Labute approximate surface area is 191 Å². The van der Waals surface area contributed by atoms with Crippen molar-refractivity contribution in [1.82, 2.24) is 15.2 Å². The molecule has 0 radical (unpaired) electrons. The SMILES string of the molecule is CCCCCCCSc1nnc2c(n1)O[C@@H](c1ccc3c(c1)OCO3)Nc1ccccc1-2. The van der Waals surface area contributed by atoms with Gasteiger partial charge in [-0.1, -0.05) is 62.6 Å². The van der Waals surface area contributed by atoms with Crippen LogP contribution < -0.4 is 19.5 Å². The van der Waals surface area contributed by atoms with Crippen molar-refractivity contribution in [3.63, 3.8) is 0 Å². The van der Waals surface area contributed by atoms with E-state index < -0.39 is 6.23 Å². The maximum atomic E-state index is 6.35. The first kappa shape index (κ1) is 20.9. The van der Waals surface area contributed by atoms with Crippen LogP contribution in [-0.2, 0) is 0 Å². The average Bonchev–Trinajstić information content (AvgIpc) is 3.23. The predicted octanol–water partition coefficient (Wildman–Crippen LogP) is 5.83. The fourth-order valence-electron chi connectivity index (χ4n) is 3.80. The molecule has 0 fully saturated rings. The highest BCUT2D eigenvalue weighted by molar-refractivity contribution is 7.99. The molecule has 0 bridgehead atoms. The average molecular weight is 451 g/mol. The number of anilines is 1. The zero-order valence-electron chi connectivity index (χ0n) is 18.0. The van der Waals surface area contributed by atoms with Crippen molar-refractivity contribution in [2.75, 3.05) is 17.9 Å². The van der Waals surface area contributed by atoms with E-state index in [0.29, 0.717) is 22.5 Å². The van der Waals surface area contributed by atoms with E-state index in [1.165, 1.54) is 25.7 Å². The number of thioether (sulfide) groups is 1. The van der Waals surface area contributed by atoms with Crippen molar-refractivity contribution >= 4 is 17.4 Å². The molecule has 0 amide bonds. The summed E-state index contributed by atoms with van der Waals surface area (Å²) < 4.78 is 17.3. The van der Waals surface area contributed by atoms with Gasteiger partial charge in [-0.05, 0) is 30.7 Å². The second-order valence-electron chi connectivity index (χ2n) is 7.81. The number of rotatable bonds is 8. The molecule has 2 aromatic carbocycles. The zero-order valence-corrected chi connectivity index (χ0v) is 18.9. The van der Waals surface area contributed by atoms with Gasteiger partial charge in [0.25, 0.3) is 0 Å². The highest BCUT2D eigenvalue weighted by Crippen LogP contribution is 2.41. The third-order valence-electron chi connectivity index (χ3n) is 5.51. The van der Waals surface area contributed by atoms with Crippen LogP contribution in [-0.4, -0.2) is 27.7 Å². The summed E-state index contributed by atoms with van der Waals surface area (Å²) in [5.74, 6) is 2.91. The fraction of sp³-hybridized carbons (Fsp3) is 0.375. The summed E-state index contributed by atoms with van der Waals surface area (Å²) in [6.07, 6.45) is 5.76. The van der Waals surface area contributed by atoms with E-state index in [1.807, 2.05) is 42.5 Å². The number of hydrogen-bond acceptors (Lipinski definition) is 8. The molecule has 1 aromatic heterocycles. The number of benzene rings is 2. The number of para-hydroxylation sites is 1.